The molecule has 20 heavy (non-hydrogen) atoms. The second kappa shape index (κ2) is 6.04. The van der Waals surface area contributed by atoms with Gasteiger partial charge in [-0.25, -0.2) is 0 Å². The zero-order valence-electron chi connectivity index (χ0n) is 13.4. The van der Waals surface area contributed by atoms with Gasteiger partial charge in [0, 0.05) is 0 Å². The molecule has 0 spiro atoms. The summed E-state index contributed by atoms with van der Waals surface area (Å²) in [7, 11) is -2.25. The smallest absolute Gasteiger partial charge is 0.269 e. The summed E-state index contributed by atoms with van der Waals surface area (Å²) >= 11 is 0. The van der Waals surface area contributed by atoms with Crippen LogP contribution in [0.3, 0.4) is 0 Å². The third-order valence-corrected chi connectivity index (χ3v) is 12.0. The molecule has 0 aromatic rings. The Morgan fingerprint density at radius 2 is 1.90 bits per heavy atom. The van der Waals surface area contributed by atoms with Crippen LogP contribution in [0.4, 0.5) is 4.79 Å². The summed E-state index contributed by atoms with van der Waals surface area (Å²) in [5.74, 6) is 2.60. The highest BCUT2D eigenvalue weighted by molar-refractivity contribution is 7.05. The van der Waals surface area contributed by atoms with E-state index in [1.54, 1.807) is 0 Å². The third kappa shape index (κ3) is 2.38. The predicted molar refractivity (Wildman–Crippen MR) is 86.8 cm³/mol. The lowest BCUT2D eigenvalue weighted by molar-refractivity contribution is 0.214. The zero-order chi connectivity index (χ0) is 14.9. The molecule has 1 fully saturated rings. The van der Waals surface area contributed by atoms with Crippen LogP contribution in [-0.4, -0.2) is 18.8 Å². The van der Waals surface area contributed by atoms with Crippen molar-refractivity contribution in [1.82, 2.24) is 0 Å². The van der Waals surface area contributed by atoms with Crippen LogP contribution < -0.4 is 0 Å². The second-order valence-corrected chi connectivity index (χ2v) is 11.8. The number of fused-ring (bicyclic) bond motifs is 2. The summed E-state index contributed by atoms with van der Waals surface area (Å²) < 4.78 is 0. The van der Waals surface area contributed by atoms with E-state index in [0.717, 1.165) is 24.4 Å². The van der Waals surface area contributed by atoms with Gasteiger partial charge in [-0.2, -0.15) is 0 Å². The van der Waals surface area contributed by atoms with E-state index in [2.05, 4.69) is 39.8 Å². The minimum absolute atomic E-state index is 0.431. The minimum atomic E-state index is -2.25. The van der Waals surface area contributed by atoms with Crippen molar-refractivity contribution < 1.29 is 9.90 Å². The van der Waals surface area contributed by atoms with Gasteiger partial charge in [0.05, 0.1) is 0 Å². The van der Waals surface area contributed by atoms with Crippen LogP contribution in [0, 0.1) is 23.7 Å². The third-order valence-electron chi connectivity index (χ3n) is 6.37. The Hall–Kier alpha value is -0.573. The number of hydrogen-bond donors (Lipinski definition) is 1. The molecule has 3 heteroatoms. The highest BCUT2D eigenvalue weighted by atomic mass is 28.3. The summed E-state index contributed by atoms with van der Waals surface area (Å²) in [5, 5.41) is 10.0. The van der Waals surface area contributed by atoms with E-state index in [1.807, 2.05) is 0 Å². The quantitative estimate of drug-likeness (QED) is 0.506. The van der Waals surface area contributed by atoms with Crippen LogP contribution in [-0.2, 0) is 0 Å². The standard InChI is InChI=1S/C17H30O2Si/c1-5-12(4)16(20(6-2,7-3)17(18)19)15-11-13-8-9-14(15)10-13/h8-9,12-16H,5-7,10-11H2,1-4H3,(H,18,19). The molecule has 0 aromatic heterocycles. The summed E-state index contributed by atoms with van der Waals surface area (Å²) in [4.78, 5) is 12.2. The molecule has 2 aliphatic rings. The lowest BCUT2D eigenvalue weighted by Crippen LogP contribution is -2.52. The molecular weight excluding hydrogens is 264 g/mol. The van der Waals surface area contributed by atoms with E-state index in [-0.39, 0.29) is 0 Å². The number of rotatable bonds is 7. The highest BCUT2D eigenvalue weighted by Gasteiger charge is 2.54. The van der Waals surface area contributed by atoms with Crippen molar-refractivity contribution in [2.75, 3.05) is 0 Å². The van der Waals surface area contributed by atoms with Crippen LogP contribution >= 0.6 is 0 Å². The molecule has 1 saturated carbocycles. The Morgan fingerprint density at radius 3 is 2.25 bits per heavy atom. The number of carbonyl (C=O) groups is 1. The summed E-state index contributed by atoms with van der Waals surface area (Å²) in [6.45, 7) is 8.79. The lowest BCUT2D eigenvalue weighted by Gasteiger charge is -2.43. The van der Waals surface area contributed by atoms with Crippen molar-refractivity contribution in [2.45, 2.75) is 64.6 Å². The minimum Gasteiger partial charge on any atom is -0.486 e. The van der Waals surface area contributed by atoms with Crippen molar-refractivity contribution in [3.63, 3.8) is 0 Å². The van der Waals surface area contributed by atoms with E-state index in [4.69, 9.17) is 0 Å². The molecule has 1 N–H and O–H groups in total. The SMILES string of the molecule is CCC(C)C(C1CC2C=CC1C2)[Si](CC)(CC)C(=O)O. The van der Waals surface area contributed by atoms with Gasteiger partial charge in [-0.15, -0.1) is 0 Å². The van der Waals surface area contributed by atoms with Gasteiger partial charge in [-0.05, 0) is 54.1 Å². The van der Waals surface area contributed by atoms with Gasteiger partial charge in [0.25, 0.3) is 5.59 Å². The van der Waals surface area contributed by atoms with Gasteiger partial charge in [0.2, 0.25) is 0 Å². The van der Waals surface area contributed by atoms with Crippen molar-refractivity contribution in [3.8, 4) is 0 Å². The maximum absolute atomic E-state index is 12.2. The second-order valence-electron chi connectivity index (χ2n) is 7.02. The van der Waals surface area contributed by atoms with Crippen LogP contribution in [0.1, 0.15) is 47.0 Å². The Kier molecular flexibility index (Phi) is 4.78. The Labute approximate surface area is 124 Å². The first-order chi connectivity index (χ1) is 9.50. The summed E-state index contributed by atoms with van der Waals surface area (Å²) in [5.41, 5.74) is 0.0273. The first kappa shape index (κ1) is 15.8. The summed E-state index contributed by atoms with van der Waals surface area (Å²) in [6, 6.07) is 1.79. The van der Waals surface area contributed by atoms with Gasteiger partial charge in [-0.3, -0.25) is 4.79 Å². The zero-order valence-corrected chi connectivity index (χ0v) is 14.4. The van der Waals surface area contributed by atoms with Crippen LogP contribution in [0.5, 0.6) is 0 Å². The van der Waals surface area contributed by atoms with Crippen molar-refractivity contribution in [3.05, 3.63) is 12.2 Å². The highest BCUT2D eigenvalue weighted by Crippen LogP contribution is 2.55. The number of hydrogen-bond acceptors (Lipinski definition) is 1. The first-order valence-electron chi connectivity index (χ1n) is 8.41. The molecule has 5 atom stereocenters. The molecule has 0 radical (unpaired) electrons. The molecule has 0 aliphatic heterocycles. The molecular formula is C17H30O2Si. The van der Waals surface area contributed by atoms with Crippen LogP contribution in [0.2, 0.25) is 17.6 Å². The van der Waals surface area contributed by atoms with Crippen molar-refractivity contribution in [1.29, 1.82) is 0 Å². The van der Waals surface area contributed by atoms with E-state index in [9.17, 15) is 9.90 Å². The Balaban J connectivity index is 2.36. The topological polar surface area (TPSA) is 37.3 Å². The molecule has 5 unspecified atom stereocenters. The van der Waals surface area contributed by atoms with Gasteiger partial charge < -0.3 is 5.11 Å². The fourth-order valence-electron chi connectivity index (χ4n) is 5.03. The molecule has 0 saturated heterocycles. The molecule has 114 valence electrons. The van der Waals surface area contributed by atoms with Crippen LogP contribution in [0.25, 0.3) is 0 Å². The van der Waals surface area contributed by atoms with E-state index >= 15 is 0 Å². The molecule has 2 rings (SSSR count). The molecule has 2 bridgehead atoms. The molecule has 0 amide bonds. The predicted octanol–water partition coefficient (Wildman–Crippen LogP) is 5.36. The largest absolute Gasteiger partial charge is 0.486 e. The lowest BCUT2D eigenvalue weighted by atomic mass is 9.84. The van der Waals surface area contributed by atoms with Crippen molar-refractivity contribution >= 4 is 13.7 Å². The van der Waals surface area contributed by atoms with Gasteiger partial charge >= 0.3 is 0 Å². The van der Waals surface area contributed by atoms with Crippen LogP contribution in [0.15, 0.2) is 12.2 Å². The molecule has 0 heterocycles. The average molecular weight is 295 g/mol. The van der Waals surface area contributed by atoms with Gasteiger partial charge in [0.1, 0.15) is 0 Å². The maximum Gasteiger partial charge on any atom is 0.269 e. The molecule has 2 aliphatic carbocycles. The van der Waals surface area contributed by atoms with E-state index in [1.165, 1.54) is 12.8 Å². The monoisotopic (exact) mass is 294 g/mol. The average Bonchev–Trinajstić information content (AvgIpc) is 3.06. The Morgan fingerprint density at radius 1 is 1.25 bits per heavy atom. The molecule has 0 aromatic carbocycles. The summed E-state index contributed by atoms with van der Waals surface area (Å²) in [6.07, 6.45) is 8.41. The first-order valence-corrected chi connectivity index (χ1v) is 10.9. The van der Waals surface area contributed by atoms with E-state index in [0.29, 0.717) is 23.3 Å². The fourth-order valence-corrected chi connectivity index (χ4v) is 9.89. The Bertz CT molecular complexity index is 386. The maximum atomic E-state index is 12.2. The normalized spacial score (nSPS) is 31.5. The van der Waals surface area contributed by atoms with E-state index < -0.39 is 13.7 Å². The number of carboxylic acid groups (broad SMARTS) is 1. The van der Waals surface area contributed by atoms with Gasteiger partial charge in [-0.1, -0.05) is 46.3 Å². The fraction of sp³-hybridized carbons (Fsp3) is 0.824. The number of allylic oxidation sites excluding steroid dienone is 2. The molecule has 2 nitrogen and oxygen atoms in total. The van der Waals surface area contributed by atoms with Gasteiger partial charge in [0.15, 0.2) is 8.07 Å². The van der Waals surface area contributed by atoms with Crippen molar-refractivity contribution in [2.24, 2.45) is 23.7 Å².